The zero-order chi connectivity index (χ0) is 20.3. The molecule has 0 radical (unpaired) electrons. The van der Waals surface area contributed by atoms with Crippen LogP contribution in [0, 0.1) is 0 Å². The van der Waals surface area contributed by atoms with Crippen LogP contribution in [-0.4, -0.2) is 35.1 Å². The van der Waals surface area contributed by atoms with Crippen molar-refractivity contribution in [2.24, 2.45) is 0 Å². The number of hydrogen-bond donors (Lipinski definition) is 2. The first-order valence-electron chi connectivity index (χ1n) is 8.84. The van der Waals surface area contributed by atoms with Crippen LogP contribution in [0.15, 0.2) is 55.4 Å². The van der Waals surface area contributed by atoms with Gasteiger partial charge in [0.2, 0.25) is 5.91 Å². The molecular formula is C21H22N4O3. The Balaban J connectivity index is 1.95. The van der Waals surface area contributed by atoms with Crippen molar-refractivity contribution in [1.29, 1.82) is 0 Å². The van der Waals surface area contributed by atoms with Crippen LogP contribution in [0.3, 0.4) is 0 Å². The molecule has 0 saturated heterocycles. The summed E-state index contributed by atoms with van der Waals surface area (Å²) in [7, 11) is 1.70. The number of likely N-dealkylation sites (N-methyl/N-ethyl adjacent to an activating group) is 1. The molecule has 0 aliphatic heterocycles. The van der Waals surface area contributed by atoms with E-state index in [1.54, 1.807) is 27.1 Å². The fourth-order valence-corrected chi connectivity index (χ4v) is 2.82. The summed E-state index contributed by atoms with van der Waals surface area (Å²) in [6.07, 6.45) is 3.95. The molecule has 3 aromatic rings. The van der Waals surface area contributed by atoms with E-state index >= 15 is 0 Å². The fraction of sp³-hybridized carbons (Fsp3) is 0.190. The SMILES string of the molecule is C=CC(=O)N(C)c1cccc(-c2c[nH]c3ncc(NC(=O)OC(C)C)cc23)c1. The molecule has 2 N–H and O–H groups in total. The molecule has 0 fully saturated rings. The van der Waals surface area contributed by atoms with E-state index < -0.39 is 6.09 Å². The quantitative estimate of drug-likeness (QED) is 0.647. The van der Waals surface area contributed by atoms with E-state index in [0.29, 0.717) is 11.3 Å². The summed E-state index contributed by atoms with van der Waals surface area (Å²) in [5.74, 6) is -0.187. The number of benzene rings is 1. The van der Waals surface area contributed by atoms with Crippen molar-refractivity contribution in [3.8, 4) is 11.1 Å². The lowest BCUT2D eigenvalue weighted by atomic mass is 10.0. The Kier molecular flexibility index (Phi) is 5.44. The van der Waals surface area contributed by atoms with Crippen molar-refractivity contribution in [2.45, 2.75) is 20.0 Å². The number of nitrogens with one attached hydrogen (secondary N) is 2. The Bertz CT molecular complexity index is 1040. The number of fused-ring (bicyclic) bond motifs is 1. The molecule has 0 bridgehead atoms. The number of rotatable bonds is 5. The van der Waals surface area contributed by atoms with Crippen molar-refractivity contribution in [3.63, 3.8) is 0 Å². The number of aromatic amines is 1. The highest BCUT2D eigenvalue weighted by Crippen LogP contribution is 2.31. The number of amides is 2. The molecule has 0 aliphatic carbocycles. The first-order chi connectivity index (χ1) is 13.4. The molecule has 2 amide bonds. The van der Waals surface area contributed by atoms with Crippen LogP contribution in [0.5, 0.6) is 0 Å². The Morgan fingerprint density at radius 2 is 2.11 bits per heavy atom. The second-order valence-electron chi connectivity index (χ2n) is 6.55. The predicted molar refractivity (Wildman–Crippen MR) is 110 cm³/mol. The van der Waals surface area contributed by atoms with Crippen LogP contribution in [0.25, 0.3) is 22.2 Å². The number of ether oxygens (including phenoxy) is 1. The number of hydrogen-bond acceptors (Lipinski definition) is 4. The Labute approximate surface area is 163 Å². The number of anilines is 2. The molecule has 144 valence electrons. The Hall–Kier alpha value is -3.61. The molecule has 0 saturated carbocycles. The average molecular weight is 378 g/mol. The molecule has 0 unspecified atom stereocenters. The van der Waals surface area contributed by atoms with E-state index in [0.717, 1.165) is 22.2 Å². The van der Waals surface area contributed by atoms with E-state index in [1.807, 2.05) is 36.5 Å². The zero-order valence-electron chi connectivity index (χ0n) is 16.0. The third-order valence-electron chi connectivity index (χ3n) is 4.17. The van der Waals surface area contributed by atoms with Crippen LogP contribution in [0.4, 0.5) is 16.2 Å². The van der Waals surface area contributed by atoms with Gasteiger partial charge in [-0.1, -0.05) is 18.7 Å². The number of aromatic nitrogens is 2. The van der Waals surface area contributed by atoms with Gasteiger partial charge in [-0.2, -0.15) is 0 Å². The average Bonchev–Trinajstić information content (AvgIpc) is 3.09. The summed E-state index contributed by atoms with van der Waals surface area (Å²) in [6.45, 7) is 7.09. The van der Waals surface area contributed by atoms with Gasteiger partial charge < -0.3 is 14.6 Å². The monoisotopic (exact) mass is 378 g/mol. The minimum atomic E-state index is -0.528. The van der Waals surface area contributed by atoms with Gasteiger partial charge in [-0.25, -0.2) is 9.78 Å². The molecule has 7 heteroatoms. The molecule has 28 heavy (non-hydrogen) atoms. The number of carbonyl (C=O) groups excluding carboxylic acids is 2. The van der Waals surface area contributed by atoms with Gasteiger partial charge in [-0.3, -0.25) is 10.1 Å². The minimum Gasteiger partial charge on any atom is -0.447 e. The predicted octanol–water partition coefficient (Wildman–Crippen LogP) is 4.34. The van der Waals surface area contributed by atoms with Gasteiger partial charge in [0.15, 0.2) is 0 Å². The van der Waals surface area contributed by atoms with Gasteiger partial charge in [0.05, 0.1) is 18.0 Å². The van der Waals surface area contributed by atoms with Crippen LogP contribution < -0.4 is 10.2 Å². The zero-order valence-corrected chi connectivity index (χ0v) is 16.0. The van der Waals surface area contributed by atoms with E-state index in [1.165, 1.54) is 11.0 Å². The van der Waals surface area contributed by atoms with Gasteiger partial charge >= 0.3 is 6.09 Å². The van der Waals surface area contributed by atoms with Crippen molar-refractivity contribution >= 4 is 34.4 Å². The normalized spacial score (nSPS) is 10.7. The smallest absolute Gasteiger partial charge is 0.411 e. The molecule has 0 spiro atoms. The molecule has 2 heterocycles. The molecule has 7 nitrogen and oxygen atoms in total. The summed E-state index contributed by atoms with van der Waals surface area (Å²) < 4.78 is 5.11. The summed E-state index contributed by atoms with van der Waals surface area (Å²) >= 11 is 0. The van der Waals surface area contributed by atoms with Gasteiger partial charge in [-0.05, 0) is 43.7 Å². The summed E-state index contributed by atoms with van der Waals surface area (Å²) in [4.78, 5) is 32.7. The Morgan fingerprint density at radius 1 is 1.32 bits per heavy atom. The lowest BCUT2D eigenvalue weighted by Gasteiger charge is -2.16. The largest absolute Gasteiger partial charge is 0.447 e. The molecule has 0 atom stereocenters. The fourth-order valence-electron chi connectivity index (χ4n) is 2.82. The second kappa shape index (κ2) is 7.96. The highest BCUT2D eigenvalue weighted by Gasteiger charge is 2.13. The molecular weight excluding hydrogens is 356 g/mol. The van der Waals surface area contributed by atoms with Crippen molar-refractivity contribution < 1.29 is 14.3 Å². The maximum atomic E-state index is 11.9. The molecule has 2 aromatic heterocycles. The van der Waals surface area contributed by atoms with Crippen LogP contribution in [-0.2, 0) is 9.53 Å². The highest BCUT2D eigenvalue weighted by molar-refractivity contribution is 6.02. The number of nitrogens with zero attached hydrogens (tertiary/aromatic N) is 2. The lowest BCUT2D eigenvalue weighted by Crippen LogP contribution is -2.23. The minimum absolute atomic E-state index is 0.187. The van der Waals surface area contributed by atoms with Gasteiger partial charge in [-0.15, -0.1) is 0 Å². The standard InChI is InChI=1S/C21H22N4O3/c1-5-19(26)25(4)16-8-6-7-14(9-16)18-12-23-20-17(18)10-15(11-22-20)24-21(27)28-13(2)3/h5-13H,1H2,2-4H3,(H,22,23)(H,24,27). The summed E-state index contributed by atoms with van der Waals surface area (Å²) in [5.41, 5.74) is 3.80. The molecule has 3 rings (SSSR count). The van der Waals surface area contributed by atoms with Crippen LogP contribution >= 0.6 is 0 Å². The second-order valence-corrected chi connectivity index (χ2v) is 6.55. The summed E-state index contributed by atoms with van der Waals surface area (Å²) in [6, 6.07) is 9.43. The first-order valence-corrected chi connectivity index (χ1v) is 8.84. The Morgan fingerprint density at radius 3 is 2.82 bits per heavy atom. The van der Waals surface area contributed by atoms with E-state index in [-0.39, 0.29) is 12.0 Å². The first kappa shape index (κ1) is 19.2. The van der Waals surface area contributed by atoms with E-state index in [9.17, 15) is 9.59 Å². The topological polar surface area (TPSA) is 87.3 Å². The van der Waals surface area contributed by atoms with Crippen LogP contribution in [0.2, 0.25) is 0 Å². The van der Waals surface area contributed by atoms with Crippen molar-refractivity contribution in [3.05, 3.63) is 55.4 Å². The lowest BCUT2D eigenvalue weighted by molar-refractivity contribution is -0.113. The third kappa shape index (κ3) is 4.03. The van der Waals surface area contributed by atoms with E-state index in [4.69, 9.17) is 4.74 Å². The van der Waals surface area contributed by atoms with Crippen LogP contribution in [0.1, 0.15) is 13.8 Å². The number of H-pyrrole nitrogens is 1. The van der Waals surface area contributed by atoms with E-state index in [2.05, 4.69) is 21.9 Å². The third-order valence-corrected chi connectivity index (χ3v) is 4.17. The maximum Gasteiger partial charge on any atom is 0.411 e. The number of carbonyl (C=O) groups is 2. The van der Waals surface area contributed by atoms with Crippen molar-refractivity contribution in [1.82, 2.24) is 9.97 Å². The van der Waals surface area contributed by atoms with Gasteiger partial charge in [0.1, 0.15) is 5.65 Å². The number of pyridine rings is 1. The molecule has 1 aromatic carbocycles. The summed E-state index contributed by atoms with van der Waals surface area (Å²) in [5, 5.41) is 3.53. The molecule has 0 aliphatic rings. The maximum absolute atomic E-state index is 11.9. The van der Waals surface area contributed by atoms with Crippen molar-refractivity contribution in [2.75, 3.05) is 17.3 Å². The van der Waals surface area contributed by atoms with Gasteiger partial charge in [0, 0.05) is 29.9 Å². The van der Waals surface area contributed by atoms with Gasteiger partial charge in [0.25, 0.3) is 0 Å². The highest BCUT2D eigenvalue weighted by atomic mass is 16.6.